The third-order valence-electron chi connectivity index (χ3n) is 3.09. The highest BCUT2D eigenvalue weighted by Gasteiger charge is 2.19. The van der Waals surface area contributed by atoms with Crippen LogP contribution in [0, 0.1) is 0 Å². The number of hydrogen-bond donors (Lipinski definition) is 1. The molecule has 1 aromatic carbocycles. The summed E-state index contributed by atoms with van der Waals surface area (Å²) in [7, 11) is 2.14. The van der Waals surface area contributed by atoms with E-state index in [9.17, 15) is 0 Å². The van der Waals surface area contributed by atoms with E-state index in [2.05, 4.69) is 17.3 Å². The van der Waals surface area contributed by atoms with Crippen LogP contribution in [-0.4, -0.2) is 31.1 Å². The zero-order chi connectivity index (χ0) is 11.5. The molecule has 1 heterocycles. The summed E-state index contributed by atoms with van der Waals surface area (Å²) in [6, 6.07) is 6.32. The first-order chi connectivity index (χ1) is 7.66. The highest BCUT2D eigenvalue weighted by atomic mass is 35.5. The standard InChI is InChI=1S/C12H16Cl2N2/c1-16(11-4-5-15-7-11)8-9-2-3-10(13)6-12(9)14/h2-3,6,11,15H,4-5,7-8H2,1H3. The Hall–Kier alpha value is -0.280. The fraction of sp³-hybridized carbons (Fsp3) is 0.500. The Bertz CT molecular complexity index is 362. The molecule has 0 aliphatic carbocycles. The fourth-order valence-corrected chi connectivity index (χ4v) is 2.53. The van der Waals surface area contributed by atoms with Gasteiger partial charge >= 0.3 is 0 Å². The predicted octanol–water partition coefficient (Wildman–Crippen LogP) is 2.79. The lowest BCUT2D eigenvalue weighted by molar-refractivity contribution is 0.249. The average molecular weight is 259 g/mol. The van der Waals surface area contributed by atoms with Crippen LogP contribution in [0.1, 0.15) is 12.0 Å². The van der Waals surface area contributed by atoms with Crippen molar-refractivity contribution in [1.29, 1.82) is 0 Å². The maximum Gasteiger partial charge on any atom is 0.0465 e. The molecule has 1 fully saturated rings. The van der Waals surface area contributed by atoms with Crippen molar-refractivity contribution in [3.63, 3.8) is 0 Å². The average Bonchev–Trinajstić information content (AvgIpc) is 2.75. The van der Waals surface area contributed by atoms with E-state index < -0.39 is 0 Å². The quantitative estimate of drug-likeness (QED) is 0.897. The summed E-state index contributed by atoms with van der Waals surface area (Å²) in [5.41, 5.74) is 1.14. The van der Waals surface area contributed by atoms with Crippen LogP contribution < -0.4 is 5.32 Å². The van der Waals surface area contributed by atoms with Crippen molar-refractivity contribution in [1.82, 2.24) is 10.2 Å². The molecule has 1 saturated heterocycles. The summed E-state index contributed by atoms with van der Waals surface area (Å²) < 4.78 is 0. The highest BCUT2D eigenvalue weighted by molar-refractivity contribution is 6.35. The predicted molar refractivity (Wildman–Crippen MR) is 69.2 cm³/mol. The molecule has 16 heavy (non-hydrogen) atoms. The first kappa shape index (κ1) is 12.2. The van der Waals surface area contributed by atoms with Crippen LogP contribution in [0.4, 0.5) is 0 Å². The van der Waals surface area contributed by atoms with Crippen molar-refractivity contribution in [2.45, 2.75) is 19.0 Å². The molecule has 0 saturated carbocycles. The SMILES string of the molecule is CN(Cc1ccc(Cl)cc1Cl)C1CCNC1. The maximum atomic E-state index is 6.15. The Balaban J connectivity index is 2.02. The number of halogens is 2. The monoisotopic (exact) mass is 258 g/mol. The van der Waals surface area contributed by atoms with E-state index in [0.29, 0.717) is 11.1 Å². The molecule has 0 amide bonds. The highest BCUT2D eigenvalue weighted by Crippen LogP contribution is 2.23. The largest absolute Gasteiger partial charge is 0.315 e. The lowest BCUT2D eigenvalue weighted by atomic mass is 10.1. The molecule has 1 N–H and O–H groups in total. The van der Waals surface area contributed by atoms with Gasteiger partial charge in [0.2, 0.25) is 0 Å². The molecule has 1 aliphatic heterocycles. The summed E-state index contributed by atoms with van der Waals surface area (Å²) >= 11 is 12.0. The van der Waals surface area contributed by atoms with Gasteiger partial charge in [-0.05, 0) is 37.7 Å². The van der Waals surface area contributed by atoms with Gasteiger partial charge in [0.15, 0.2) is 0 Å². The van der Waals surface area contributed by atoms with Gasteiger partial charge in [0.25, 0.3) is 0 Å². The molecule has 1 aliphatic rings. The van der Waals surface area contributed by atoms with Crippen LogP contribution in [0.2, 0.25) is 10.0 Å². The van der Waals surface area contributed by atoms with Gasteiger partial charge in [0, 0.05) is 29.2 Å². The third-order valence-corrected chi connectivity index (χ3v) is 3.68. The molecule has 4 heteroatoms. The van der Waals surface area contributed by atoms with Crippen LogP contribution in [0.25, 0.3) is 0 Å². The Kier molecular flexibility index (Phi) is 4.09. The van der Waals surface area contributed by atoms with Crippen LogP contribution in [0.15, 0.2) is 18.2 Å². The van der Waals surface area contributed by atoms with E-state index in [4.69, 9.17) is 23.2 Å². The van der Waals surface area contributed by atoms with Gasteiger partial charge in [-0.2, -0.15) is 0 Å². The maximum absolute atomic E-state index is 6.15. The molecule has 0 aromatic heterocycles. The Morgan fingerprint density at radius 1 is 1.44 bits per heavy atom. The topological polar surface area (TPSA) is 15.3 Å². The molecule has 0 spiro atoms. The van der Waals surface area contributed by atoms with Gasteiger partial charge in [-0.25, -0.2) is 0 Å². The molecule has 0 radical (unpaired) electrons. The zero-order valence-corrected chi connectivity index (χ0v) is 10.9. The zero-order valence-electron chi connectivity index (χ0n) is 9.34. The van der Waals surface area contributed by atoms with E-state index in [1.165, 1.54) is 6.42 Å². The molecule has 1 unspecified atom stereocenters. The van der Waals surface area contributed by atoms with Crippen LogP contribution in [-0.2, 0) is 6.54 Å². The molecular formula is C12H16Cl2N2. The van der Waals surface area contributed by atoms with Gasteiger partial charge in [-0.15, -0.1) is 0 Å². The van der Waals surface area contributed by atoms with Crippen molar-refractivity contribution in [3.8, 4) is 0 Å². The summed E-state index contributed by atoms with van der Waals surface area (Å²) in [4.78, 5) is 2.34. The summed E-state index contributed by atoms with van der Waals surface area (Å²) in [5, 5.41) is 4.82. The van der Waals surface area contributed by atoms with E-state index in [-0.39, 0.29) is 0 Å². The molecule has 2 nitrogen and oxygen atoms in total. The van der Waals surface area contributed by atoms with Gasteiger partial charge in [0.1, 0.15) is 0 Å². The number of rotatable bonds is 3. The first-order valence-electron chi connectivity index (χ1n) is 5.51. The molecule has 88 valence electrons. The number of nitrogens with zero attached hydrogens (tertiary/aromatic N) is 1. The fourth-order valence-electron chi connectivity index (χ4n) is 2.06. The second kappa shape index (κ2) is 5.37. The summed E-state index contributed by atoms with van der Waals surface area (Å²) in [5.74, 6) is 0. The van der Waals surface area contributed by atoms with Crippen molar-refractivity contribution in [2.75, 3.05) is 20.1 Å². The van der Waals surface area contributed by atoms with Gasteiger partial charge in [-0.1, -0.05) is 29.3 Å². The first-order valence-corrected chi connectivity index (χ1v) is 6.27. The van der Waals surface area contributed by atoms with Crippen LogP contribution >= 0.6 is 23.2 Å². The molecular weight excluding hydrogens is 243 g/mol. The number of likely N-dealkylation sites (N-methyl/N-ethyl adjacent to an activating group) is 1. The van der Waals surface area contributed by atoms with E-state index in [1.807, 2.05) is 12.1 Å². The second-order valence-corrected chi connectivity index (χ2v) is 5.14. The van der Waals surface area contributed by atoms with Crippen LogP contribution in [0.5, 0.6) is 0 Å². The normalized spacial score (nSPS) is 20.6. The number of hydrogen-bond acceptors (Lipinski definition) is 2. The number of benzene rings is 1. The summed E-state index contributed by atoms with van der Waals surface area (Å²) in [6.07, 6.45) is 1.21. The van der Waals surface area contributed by atoms with Crippen LogP contribution in [0.3, 0.4) is 0 Å². The smallest absolute Gasteiger partial charge is 0.0465 e. The minimum Gasteiger partial charge on any atom is -0.315 e. The second-order valence-electron chi connectivity index (χ2n) is 4.30. The van der Waals surface area contributed by atoms with E-state index in [0.717, 1.165) is 30.2 Å². The van der Waals surface area contributed by atoms with Crippen molar-refractivity contribution >= 4 is 23.2 Å². The molecule has 1 aromatic rings. The lowest BCUT2D eigenvalue weighted by Crippen LogP contribution is -2.32. The Labute approximate surface area is 107 Å². The molecule has 2 rings (SSSR count). The molecule has 1 atom stereocenters. The van der Waals surface area contributed by atoms with Gasteiger partial charge in [-0.3, -0.25) is 4.90 Å². The molecule has 0 bridgehead atoms. The minimum absolute atomic E-state index is 0.617. The van der Waals surface area contributed by atoms with Gasteiger partial charge in [0.05, 0.1) is 0 Å². The van der Waals surface area contributed by atoms with E-state index >= 15 is 0 Å². The van der Waals surface area contributed by atoms with Crippen molar-refractivity contribution in [2.24, 2.45) is 0 Å². The summed E-state index contributed by atoms with van der Waals surface area (Å²) in [6.45, 7) is 3.06. The Morgan fingerprint density at radius 2 is 2.25 bits per heavy atom. The Morgan fingerprint density at radius 3 is 2.88 bits per heavy atom. The minimum atomic E-state index is 0.617. The van der Waals surface area contributed by atoms with Gasteiger partial charge < -0.3 is 5.32 Å². The van der Waals surface area contributed by atoms with Crippen molar-refractivity contribution < 1.29 is 0 Å². The lowest BCUT2D eigenvalue weighted by Gasteiger charge is -2.23. The van der Waals surface area contributed by atoms with E-state index in [1.54, 1.807) is 6.07 Å². The number of nitrogens with one attached hydrogen (secondary N) is 1. The van der Waals surface area contributed by atoms with Crippen molar-refractivity contribution in [3.05, 3.63) is 33.8 Å². The third kappa shape index (κ3) is 2.89.